The third kappa shape index (κ3) is 4.88. The number of para-hydroxylation sites is 1. The lowest BCUT2D eigenvalue weighted by Crippen LogP contribution is -2.33. The molecule has 1 fully saturated rings. The largest absolute Gasteiger partial charge is 0.349 e. The molecule has 0 aromatic heterocycles. The van der Waals surface area contributed by atoms with E-state index in [1.165, 1.54) is 11.8 Å². The number of hydrogen-bond acceptors (Lipinski definition) is 3. The van der Waals surface area contributed by atoms with Gasteiger partial charge in [-0.05, 0) is 44.0 Å². The summed E-state index contributed by atoms with van der Waals surface area (Å²) in [7, 11) is 0. The van der Waals surface area contributed by atoms with Gasteiger partial charge in [-0.15, -0.1) is 11.8 Å². The van der Waals surface area contributed by atoms with Crippen molar-refractivity contribution in [1.82, 2.24) is 5.32 Å². The van der Waals surface area contributed by atoms with Gasteiger partial charge in [-0.3, -0.25) is 9.59 Å². The van der Waals surface area contributed by atoms with E-state index in [1.807, 2.05) is 49.4 Å². The molecule has 0 radical (unpaired) electrons. The minimum absolute atomic E-state index is 0.111. The number of rotatable bonds is 6. The van der Waals surface area contributed by atoms with Gasteiger partial charge in [-0.2, -0.15) is 0 Å². The van der Waals surface area contributed by atoms with Gasteiger partial charge in [0.2, 0.25) is 5.91 Å². The molecule has 1 atom stereocenters. The Hall–Kier alpha value is -2.27. The molecule has 26 heavy (non-hydrogen) atoms. The summed E-state index contributed by atoms with van der Waals surface area (Å²) in [4.78, 5) is 26.2. The predicted molar refractivity (Wildman–Crippen MR) is 107 cm³/mol. The van der Waals surface area contributed by atoms with Crippen molar-refractivity contribution in [2.75, 3.05) is 5.32 Å². The number of hydrogen-bond donors (Lipinski definition) is 2. The van der Waals surface area contributed by atoms with Crippen molar-refractivity contribution in [3.63, 3.8) is 0 Å². The van der Waals surface area contributed by atoms with Crippen LogP contribution in [0.2, 0.25) is 0 Å². The lowest BCUT2D eigenvalue weighted by atomic mass is 10.1. The highest BCUT2D eigenvalue weighted by Gasteiger charge is 2.21. The third-order valence-electron chi connectivity index (χ3n) is 4.55. The molecule has 3 rings (SSSR count). The van der Waals surface area contributed by atoms with Crippen LogP contribution in [0.25, 0.3) is 0 Å². The molecule has 1 unspecified atom stereocenters. The van der Waals surface area contributed by atoms with E-state index >= 15 is 0 Å². The highest BCUT2D eigenvalue weighted by Crippen LogP contribution is 2.25. The molecule has 4 nitrogen and oxygen atoms in total. The minimum Gasteiger partial charge on any atom is -0.349 e. The average molecular weight is 369 g/mol. The minimum atomic E-state index is -0.261. The zero-order valence-corrected chi connectivity index (χ0v) is 15.7. The summed E-state index contributed by atoms with van der Waals surface area (Å²) >= 11 is 1.50. The number of carbonyl (C=O) groups is 2. The summed E-state index contributed by atoms with van der Waals surface area (Å²) in [6.07, 6.45) is 4.39. The molecule has 0 saturated heterocycles. The van der Waals surface area contributed by atoms with Crippen molar-refractivity contribution < 1.29 is 9.59 Å². The van der Waals surface area contributed by atoms with E-state index in [4.69, 9.17) is 0 Å². The Bertz CT molecular complexity index is 758. The van der Waals surface area contributed by atoms with Crippen LogP contribution >= 0.6 is 11.8 Å². The summed E-state index contributed by atoms with van der Waals surface area (Å²) < 4.78 is 0. The third-order valence-corrected chi connectivity index (χ3v) is 5.66. The molecule has 0 spiro atoms. The maximum absolute atomic E-state index is 12.6. The molecule has 2 aromatic carbocycles. The molecule has 1 saturated carbocycles. The smallest absolute Gasteiger partial charge is 0.253 e. The van der Waals surface area contributed by atoms with E-state index in [9.17, 15) is 9.59 Å². The quantitative estimate of drug-likeness (QED) is 0.739. The fourth-order valence-electron chi connectivity index (χ4n) is 3.11. The van der Waals surface area contributed by atoms with E-state index in [1.54, 1.807) is 12.1 Å². The Morgan fingerprint density at radius 3 is 2.38 bits per heavy atom. The van der Waals surface area contributed by atoms with Crippen LogP contribution in [0.4, 0.5) is 5.69 Å². The van der Waals surface area contributed by atoms with Crippen LogP contribution < -0.4 is 10.6 Å². The van der Waals surface area contributed by atoms with Crippen LogP contribution in [0.5, 0.6) is 0 Å². The highest BCUT2D eigenvalue weighted by molar-refractivity contribution is 8.00. The molecule has 0 aliphatic heterocycles. The van der Waals surface area contributed by atoms with Gasteiger partial charge in [-0.1, -0.05) is 43.2 Å². The van der Waals surface area contributed by atoms with E-state index in [0.717, 1.165) is 30.6 Å². The SMILES string of the molecule is CC(Sc1ccccc1)C(=O)Nc1ccccc1C(=O)NC1CCCC1. The molecule has 2 N–H and O–H groups in total. The van der Waals surface area contributed by atoms with Crippen LogP contribution in [0.15, 0.2) is 59.5 Å². The molecule has 1 aliphatic carbocycles. The first-order chi connectivity index (χ1) is 12.6. The zero-order chi connectivity index (χ0) is 18.4. The van der Waals surface area contributed by atoms with Crippen LogP contribution in [0.3, 0.4) is 0 Å². The fourth-order valence-corrected chi connectivity index (χ4v) is 4.00. The van der Waals surface area contributed by atoms with Crippen molar-refractivity contribution in [2.24, 2.45) is 0 Å². The first kappa shape index (κ1) is 18.5. The topological polar surface area (TPSA) is 58.2 Å². The summed E-state index contributed by atoms with van der Waals surface area (Å²) in [5.74, 6) is -0.226. The summed E-state index contributed by atoms with van der Waals surface area (Å²) in [6, 6.07) is 17.3. The van der Waals surface area contributed by atoms with Crippen molar-refractivity contribution >= 4 is 29.3 Å². The second-order valence-corrected chi connectivity index (χ2v) is 7.98. The molecular formula is C21H24N2O2S. The van der Waals surface area contributed by atoms with Crippen molar-refractivity contribution in [1.29, 1.82) is 0 Å². The second-order valence-electron chi connectivity index (χ2n) is 6.56. The van der Waals surface area contributed by atoms with E-state index in [0.29, 0.717) is 11.3 Å². The predicted octanol–water partition coefficient (Wildman–Crippen LogP) is 4.48. The van der Waals surface area contributed by atoms with E-state index < -0.39 is 0 Å². The molecule has 0 bridgehead atoms. The summed E-state index contributed by atoms with van der Waals surface area (Å²) in [5, 5.41) is 5.74. The number of amides is 2. The standard InChI is InChI=1S/C21H24N2O2S/c1-15(26-17-11-3-2-4-12-17)20(24)23-19-14-8-7-13-18(19)21(25)22-16-9-5-6-10-16/h2-4,7-8,11-16H,5-6,9-10H2,1H3,(H,22,25)(H,23,24). The zero-order valence-electron chi connectivity index (χ0n) is 14.9. The Morgan fingerprint density at radius 2 is 1.65 bits per heavy atom. The van der Waals surface area contributed by atoms with Gasteiger partial charge in [-0.25, -0.2) is 0 Å². The maximum Gasteiger partial charge on any atom is 0.253 e. The molecule has 2 amide bonds. The van der Waals surface area contributed by atoms with E-state index in [2.05, 4.69) is 10.6 Å². The van der Waals surface area contributed by atoms with Crippen LogP contribution in [-0.4, -0.2) is 23.1 Å². The maximum atomic E-state index is 12.6. The van der Waals surface area contributed by atoms with Crippen LogP contribution in [0, 0.1) is 0 Å². The highest BCUT2D eigenvalue weighted by atomic mass is 32.2. The lowest BCUT2D eigenvalue weighted by Gasteiger charge is -2.16. The molecule has 5 heteroatoms. The number of benzene rings is 2. The average Bonchev–Trinajstić information content (AvgIpc) is 3.16. The first-order valence-corrected chi connectivity index (χ1v) is 9.94. The number of anilines is 1. The van der Waals surface area contributed by atoms with Gasteiger partial charge < -0.3 is 10.6 Å². The van der Waals surface area contributed by atoms with Crippen LogP contribution in [0.1, 0.15) is 43.0 Å². The van der Waals surface area contributed by atoms with Gasteiger partial charge in [0.15, 0.2) is 0 Å². The molecule has 136 valence electrons. The van der Waals surface area contributed by atoms with Crippen molar-refractivity contribution in [3.05, 3.63) is 60.2 Å². The molecular weight excluding hydrogens is 344 g/mol. The summed E-state index contributed by atoms with van der Waals surface area (Å²) in [5.41, 5.74) is 1.08. The lowest BCUT2D eigenvalue weighted by molar-refractivity contribution is -0.115. The number of nitrogens with one attached hydrogen (secondary N) is 2. The fraction of sp³-hybridized carbons (Fsp3) is 0.333. The second kappa shape index (κ2) is 8.90. The van der Waals surface area contributed by atoms with Crippen LogP contribution in [-0.2, 0) is 4.79 Å². The van der Waals surface area contributed by atoms with Gasteiger partial charge in [0.25, 0.3) is 5.91 Å². The Morgan fingerprint density at radius 1 is 1.00 bits per heavy atom. The Labute approximate surface area is 158 Å². The van der Waals surface area contributed by atoms with Gasteiger partial charge >= 0.3 is 0 Å². The Kier molecular flexibility index (Phi) is 6.34. The van der Waals surface area contributed by atoms with Crippen molar-refractivity contribution in [3.8, 4) is 0 Å². The van der Waals surface area contributed by atoms with Gasteiger partial charge in [0.1, 0.15) is 0 Å². The van der Waals surface area contributed by atoms with Gasteiger partial charge in [0.05, 0.1) is 16.5 Å². The van der Waals surface area contributed by atoms with E-state index in [-0.39, 0.29) is 23.1 Å². The normalized spacial score (nSPS) is 15.4. The molecule has 1 aliphatic rings. The van der Waals surface area contributed by atoms with Crippen molar-refractivity contribution in [2.45, 2.75) is 48.8 Å². The first-order valence-electron chi connectivity index (χ1n) is 9.06. The molecule has 0 heterocycles. The summed E-state index contributed by atoms with van der Waals surface area (Å²) in [6.45, 7) is 1.87. The Balaban J connectivity index is 1.65. The van der Waals surface area contributed by atoms with Gasteiger partial charge in [0, 0.05) is 10.9 Å². The monoisotopic (exact) mass is 368 g/mol. The number of thioether (sulfide) groups is 1. The molecule has 2 aromatic rings. The number of carbonyl (C=O) groups excluding carboxylic acids is 2.